The van der Waals surface area contributed by atoms with Crippen molar-refractivity contribution in [3.8, 4) is 0 Å². The van der Waals surface area contributed by atoms with Gasteiger partial charge in [-0.3, -0.25) is 0 Å². The van der Waals surface area contributed by atoms with Crippen LogP contribution in [0.3, 0.4) is 0 Å². The highest BCUT2D eigenvalue weighted by Gasteiger charge is 2.37. The Morgan fingerprint density at radius 1 is 1.38 bits per heavy atom. The smallest absolute Gasteiger partial charge is 0.0397 e. The molecular weight excluding hydrogens is 216 g/mol. The van der Waals surface area contributed by atoms with Crippen molar-refractivity contribution in [1.82, 2.24) is 5.32 Å². The van der Waals surface area contributed by atoms with Gasteiger partial charge in [-0.15, -0.1) is 0 Å². The van der Waals surface area contributed by atoms with Crippen molar-refractivity contribution in [1.29, 1.82) is 0 Å². The minimum absolute atomic E-state index is 0.244. The fourth-order valence-corrected chi connectivity index (χ4v) is 4.41. The van der Waals surface area contributed by atoms with Gasteiger partial charge in [0.15, 0.2) is 0 Å². The lowest BCUT2D eigenvalue weighted by atomic mass is 9.90. The quantitative estimate of drug-likeness (QED) is 0.798. The first-order valence-corrected chi connectivity index (χ1v) is 7.76. The van der Waals surface area contributed by atoms with E-state index >= 15 is 0 Å². The van der Waals surface area contributed by atoms with Crippen molar-refractivity contribution in [2.75, 3.05) is 18.1 Å². The third kappa shape index (κ3) is 2.93. The molecule has 0 aromatic rings. The fraction of sp³-hybridized carbons (Fsp3) is 1.00. The molecule has 2 fully saturated rings. The van der Waals surface area contributed by atoms with Gasteiger partial charge in [0, 0.05) is 23.9 Å². The maximum atomic E-state index is 6.01. The summed E-state index contributed by atoms with van der Waals surface area (Å²) in [4.78, 5) is 0. The Labute approximate surface area is 104 Å². The lowest BCUT2D eigenvalue weighted by molar-refractivity contribution is 0.280. The predicted octanol–water partition coefficient (Wildman–Crippen LogP) is 2.38. The van der Waals surface area contributed by atoms with Gasteiger partial charge in [0.2, 0.25) is 0 Å². The van der Waals surface area contributed by atoms with Gasteiger partial charge in [-0.25, -0.2) is 0 Å². The van der Waals surface area contributed by atoms with Gasteiger partial charge in [-0.05, 0) is 43.3 Å². The molecule has 94 valence electrons. The molecule has 16 heavy (non-hydrogen) atoms. The first kappa shape index (κ1) is 12.7. The Morgan fingerprint density at radius 2 is 2.19 bits per heavy atom. The number of thioether (sulfide) groups is 1. The molecule has 0 radical (unpaired) electrons. The van der Waals surface area contributed by atoms with E-state index in [1.165, 1.54) is 43.6 Å². The van der Waals surface area contributed by atoms with E-state index in [-0.39, 0.29) is 5.54 Å². The summed E-state index contributed by atoms with van der Waals surface area (Å²) in [5.41, 5.74) is 6.79. The molecule has 0 bridgehead atoms. The van der Waals surface area contributed by atoms with E-state index in [0.29, 0.717) is 11.5 Å². The molecule has 1 aliphatic carbocycles. The highest BCUT2D eigenvalue weighted by atomic mass is 32.2. The molecule has 0 amide bonds. The Morgan fingerprint density at radius 3 is 2.69 bits per heavy atom. The lowest BCUT2D eigenvalue weighted by Crippen LogP contribution is -2.57. The van der Waals surface area contributed by atoms with Crippen LogP contribution in [-0.2, 0) is 0 Å². The molecule has 2 nitrogen and oxygen atoms in total. The first-order valence-electron chi connectivity index (χ1n) is 6.61. The van der Waals surface area contributed by atoms with Gasteiger partial charge in [0.1, 0.15) is 0 Å². The monoisotopic (exact) mass is 242 g/mol. The van der Waals surface area contributed by atoms with Crippen LogP contribution in [0.15, 0.2) is 0 Å². The molecule has 0 aromatic carbocycles. The van der Waals surface area contributed by atoms with Crippen molar-refractivity contribution in [3.63, 3.8) is 0 Å². The first-order chi connectivity index (χ1) is 7.55. The molecule has 0 aromatic heterocycles. The van der Waals surface area contributed by atoms with Gasteiger partial charge >= 0.3 is 0 Å². The molecule has 1 aliphatic heterocycles. The second kappa shape index (κ2) is 4.87. The van der Waals surface area contributed by atoms with Gasteiger partial charge < -0.3 is 11.1 Å². The topological polar surface area (TPSA) is 38.0 Å². The van der Waals surface area contributed by atoms with E-state index in [4.69, 9.17) is 5.73 Å². The van der Waals surface area contributed by atoms with Crippen LogP contribution >= 0.6 is 11.8 Å². The van der Waals surface area contributed by atoms with E-state index < -0.39 is 0 Å². The Bertz CT molecular complexity index is 234. The van der Waals surface area contributed by atoms with E-state index in [9.17, 15) is 0 Å². The highest BCUT2D eigenvalue weighted by molar-refractivity contribution is 7.99. The summed E-state index contributed by atoms with van der Waals surface area (Å²) in [6.45, 7) is 5.58. The molecule has 3 heteroatoms. The van der Waals surface area contributed by atoms with Crippen molar-refractivity contribution < 1.29 is 0 Å². The van der Waals surface area contributed by atoms with Crippen LogP contribution in [0.1, 0.15) is 46.0 Å². The summed E-state index contributed by atoms with van der Waals surface area (Å²) in [7, 11) is 0. The largest absolute Gasteiger partial charge is 0.329 e. The normalized spacial score (nSPS) is 38.8. The Kier molecular flexibility index (Phi) is 3.87. The minimum Gasteiger partial charge on any atom is -0.329 e. The highest BCUT2D eigenvalue weighted by Crippen LogP contribution is 2.38. The Balaban J connectivity index is 1.91. The molecule has 1 saturated carbocycles. The number of nitrogens with one attached hydrogen (secondary N) is 1. The third-order valence-corrected chi connectivity index (χ3v) is 5.53. The van der Waals surface area contributed by atoms with Gasteiger partial charge in [-0.1, -0.05) is 13.8 Å². The van der Waals surface area contributed by atoms with Crippen molar-refractivity contribution in [2.24, 2.45) is 11.1 Å². The summed E-state index contributed by atoms with van der Waals surface area (Å²) in [6.07, 6.45) is 6.61. The molecule has 3 N–H and O–H groups in total. The van der Waals surface area contributed by atoms with E-state index in [1.807, 2.05) is 0 Å². The molecule has 2 rings (SSSR count). The van der Waals surface area contributed by atoms with Crippen molar-refractivity contribution in [3.05, 3.63) is 0 Å². The average Bonchev–Trinajstić information content (AvgIpc) is 2.59. The van der Waals surface area contributed by atoms with Crippen LogP contribution in [0, 0.1) is 5.41 Å². The zero-order valence-electron chi connectivity index (χ0n) is 10.7. The SMILES string of the molecule is CC1(C)CCC(NC2(CN)CCCSC2)C1. The second-order valence-corrected chi connectivity index (χ2v) is 7.49. The standard InChI is InChI=1S/C13H26N2S/c1-12(2)6-4-11(8-12)15-13(9-14)5-3-7-16-10-13/h11,15H,3-10,14H2,1-2H3. The zero-order chi connectivity index (χ0) is 11.6. The van der Waals surface area contributed by atoms with E-state index in [2.05, 4.69) is 30.9 Å². The number of rotatable bonds is 3. The van der Waals surface area contributed by atoms with Crippen LogP contribution in [0.25, 0.3) is 0 Å². The van der Waals surface area contributed by atoms with Gasteiger partial charge in [-0.2, -0.15) is 11.8 Å². The molecule has 2 aliphatic rings. The molecule has 1 saturated heterocycles. The Hall–Kier alpha value is 0.270. The molecule has 1 heterocycles. The molecule has 2 unspecified atom stereocenters. The molecule has 0 spiro atoms. The van der Waals surface area contributed by atoms with Crippen molar-refractivity contribution in [2.45, 2.75) is 57.5 Å². The van der Waals surface area contributed by atoms with Crippen LogP contribution in [0.4, 0.5) is 0 Å². The molecule has 2 atom stereocenters. The lowest BCUT2D eigenvalue weighted by Gasteiger charge is -2.39. The molecular formula is C13H26N2S. The summed E-state index contributed by atoms with van der Waals surface area (Å²) in [5, 5.41) is 3.89. The van der Waals surface area contributed by atoms with E-state index in [1.54, 1.807) is 0 Å². The third-order valence-electron chi connectivity index (χ3n) is 4.19. The average molecular weight is 242 g/mol. The van der Waals surface area contributed by atoms with Crippen LogP contribution in [0.2, 0.25) is 0 Å². The maximum absolute atomic E-state index is 6.01. The van der Waals surface area contributed by atoms with Gasteiger partial charge in [0.25, 0.3) is 0 Å². The number of hydrogen-bond acceptors (Lipinski definition) is 3. The summed E-state index contributed by atoms with van der Waals surface area (Å²) in [6, 6.07) is 0.706. The summed E-state index contributed by atoms with van der Waals surface area (Å²) < 4.78 is 0. The van der Waals surface area contributed by atoms with Crippen LogP contribution in [0.5, 0.6) is 0 Å². The van der Waals surface area contributed by atoms with E-state index in [0.717, 1.165) is 6.54 Å². The zero-order valence-corrected chi connectivity index (χ0v) is 11.5. The van der Waals surface area contributed by atoms with Crippen LogP contribution < -0.4 is 11.1 Å². The fourth-order valence-electron chi connectivity index (χ4n) is 3.18. The predicted molar refractivity (Wildman–Crippen MR) is 72.9 cm³/mol. The summed E-state index contributed by atoms with van der Waals surface area (Å²) in [5.74, 6) is 2.53. The minimum atomic E-state index is 0.244. The second-order valence-electron chi connectivity index (χ2n) is 6.39. The number of hydrogen-bond donors (Lipinski definition) is 2. The van der Waals surface area contributed by atoms with Gasteiger partial charge in [0.05, 0.1) is 0 Å². The number of nitrogens with two attached hydrogens (primary N) is 1. The summed E-state index contributed by atoms with van der Waals surface area (Å²) >= 11 is 2.07. The maximum Gasteiger partial charge on any atom is 0.0397 e. The van der Waals surface area contributed by atoms with Crippen LogP contribution in [-0.4, -0.2) is 29.6 Å². The van der Waals surface area contributed by atoms with Crippen molar-refractivity contribution >= 4 is 11.8 Å².